The van der Waals surface area contributed by atoms with E-state index in [2.05, 4.69) is 9.56 Å². The smallest absolute Gasteiger partial charge is 0.190 e. The molecule has 100 valence electrons. The van der Waals surface area contributed by atoms with Gasteiger partial charge in [-0.1, -0.05) is 22.9 Å². The highest BCUT2D eigenvalue weighted by Gasteiger charge is 2.12. The molecule has 0 aliphatic heterocycles. The summed E-state index contributed by atoms with van der Waals surface area (Å²) in [5, 5.41) is 0.689. The number of hydrogen-bond acceptors (Lipinski definition) is 3. The maximum atomic E-state index is 11.6. The van der Waals surface area contributed by atoms with Gasteiger partial charge in [0.05, 0.1) is 10.6 Å². The lowest BCUT2D eigenvalue weighted by Crippen LogP contribution is -2.14. The van der Waals surface area contributed by atoms with Crippen LogP contribution >= 0.6 is 22.9 Å². The summed E-state index contributed by atoms with van der Waals surface area (Å²) >= 11 is 7.29. The van der Waals surface area contributed by atoms with Crippen LogP contribution in [0.25, 0.3) is 0 Å². The predicted molar refractivity (Wildman–Crippen MR) is 79.4 cm³/mol. The van der Waals surface area contributed by atoms with Crippen molar-refractivity contribution in [2.24, 2.45) is 4.99 Å². The summed E-state index contributed by atoms with van der Waals surface area (Å²) in [4.78, 5) is 17.8. The van der Waals surface area contributed by atoms with Crippen molar-refractivity contribution < 1.29 is 4.79 Å². The second-order valence-corrected chi connectivity index (χ2v) is 5.60. The Morgan fingerprint density at radius 1 is 1.37 bits per heavy atom. The highest BCUT2D eigenvalue weighted by molar-refractivity contribution is 7.11. The Hall–Kier alpha value is -1.39. The van der Waals surface area contributed by atoms with Gasteiger partial charge in [-0.25, -0.2) is 4.99 Å². The molecule has 2 rings (SSSR count). The molecule has 0 fully saturated rings. The van der Waals surface area contributed by atoms with Crippen LogP contribution in [-0.4, -0.2) is 10.4 Å². The van der Waals surface area contributed by atoms with Crippen LogP contribution in [0.4, 0.5) is 5.69 Å². The number of halogens is 1. The van der Waals surface area contributed by atoms with E-state index in [4.69, 9.17) is 11.6 Å². The van der Waals surface area contributed by atoms with E-state index in [1.807, 2.05) is 38.1 Å². The normalized spacial score (nSPS) is 11.9. The average Bonchev–Trinajstić information content (AvgIpc) is 2.68. The molecule has 2 aromatic rings. The van der Waals surface area contributed by atoms with E-state index in [0.717, 1.165) is 27.6 Å². The monoisotopic (exact) mass is 294 g/mol. The van der Waals surface area contributed by atoms with Crippen LogP contribution in [0.5, 0.6) is 0 Å². The van der Waals surface area contributed by atoms with Crippen LogP contribution in [0.1, 0.15) is 29.2 Å². The third-order valence-electron chi connectivity index (χ3n) is 2.85. The van der Waals surface area contributed by atoms with Crippen molar-refractivity contribution in [2.45, 2.75) is 27.3 Å². The second kappa shape index (κ2) is 5.72. The summed E-state index contributed by atoms with van der Waals surface area (Å²) in [7, 11) is 0. The molecule has 0 N–H and O–H groups in total. The predicted octanol–water partition coefficient (Wildman–Crippen LogP) is 3.97. The lowest BCUT2D eigenvalue weighted by molar-refractivity contribution is 0.102. The number of thiazole rings is 1. The van der Waals surface area contributed by atoms with Crippen LogP contribution in [0.2, 0.25) is 5.02 Å². The summed E-state index contributed by atoms with van der Waals surface area (Å²) in [6.45, 7) is 6.38. The van der Waals surface area contributed by atoms with Gasteiger partial charge >= 0.3 is 0 Å². The first-order valence-electron chi connectivity index (χ1n) is 6.04. The number of Topliss-reactive ketones (excluding diaryl/α,β-unsaturated/α-hetero) is 1. The van der Waals surface area contributed by atoms with Crippen molar-refractivity contribution in [2.75, 3.05) is 0 Å². The first-order valence-corrected chi connectivity index (χ1v) is 7.23. The van der Waals surface area contributed by atoms with Gasteiger partial charge in [-0.15, -0.1) is 0 Å². The van der Waals surface area contributed by atoms with E-state index in [0.29, 0.717) is 5.02 Å². The number of hydrogen-bond donors (Lipinski definition) is 0. The molecule has 0 amide bonds. The van der Waals surface area contributed by atoms with Gasteiger partial charge in [-0.2, -0.15) is 0 Å². The fourth-order valence-electron chi connectivity index (χ4n) is 1.89. The van der Waals surface area contributed by atoms with Crippen molar-refractivity contribution in [3.8, 4) is 0 Å². The van der Waals surface area contributed by atoms with Crippen LogP contribution in [0, 0.1) is 6.92 Å². The molecule has 0 spiro atoms. The molecule has 0 unspecified atom stereocenters. The fourth-order valence-corrected chi connectivity index (χ4v) is 3.13. The van der Waals surface area contributed by atoms with Gasteiger partial charge in [0.1, 0.15) is 0 Å². The first kappa shape index (κ1) is 14.0. The van der Waals surface area contributed by atoms with Crippen LogP contribution in [0.15, 0.2) is 29.3 Å². The molecule has 0 bridgehead atoms. The van der Waals surface area contributed by atoms with E-state index in [-0.39, 0.29) is 5.78 Å². The number of aromatic nitrogens is 1. The summed E-state index contributed by atoms with van der Waals surface area (Å²) in [5.74, 6) is 0.0854. The Kier molecular flexibility index (Phi) is 4.22. The maximum absolute atomic E-state index is 11.6. The molecule has 19 heavy (non-hydrogen) atoms. The third kappa shape index (κ3) is 2.96. The molecule has 0 saturated carbocycles. The minimum absolute atomic E-state index is 0.0854. The maximum Gasteiger partial charge on any atom is 0.190 e. The van der Waals surface area contributed by atoms with Gasteiger partial charge in [0.15, 0.2) is 10.6 Å². The van der Waals surface area contributed by atoms with E-state index in [1.165, 1.54) is 11.3 Å². The lowest BCUT2D eigenvalue weighted by atomic mass is 10.3. The van der Waals surface area contributed by atoms with E-state index >= 15 is 0 Å². The Labute approximate surface area is 121 Å². The quantitative estimate of drug-likeness (QED) is 0.789. The molecule has 3 nitrogen and oxygen atoms in total. The van der Waals surface area contributed by atoms with Crippen molar-refractivity contribution >= 4 is 34.4 Å². The Bertz CT molecular complexity index is 668. The number of ketones is 1. The number of rotatable bonds is 3. The Morgan fingerprint density at radius 3 is 2.53 bits per heavy atom. The van der Waals surface area contributed by atoms with Gasteiger partial charge < -0.3 is 4.57 Å². The molecule has 5 heteroatoms. The van der Waals surface area contributed by atoms with Crippen molar-refractivity contribution in [1.82, 2.24) is 4.57 Å². The zero-order valence-electron chi connectivity index (χ0n) is 11.1. The summed E-state index contributed by atoms with van der Waals surface area (Å²) in [6, 6.07) is 7.35. The topological polar surface area (TPSA) is 34.4 Å². The number of nitrogens with zero attached hydrogens (tertiary/aromatic N) is 2. The molecule has 1 heterocycles. The van der Waals surface area contributed by atoms with Crippen LogP contribution in [-0.2, 0) is 6.54 Å². The molecule has 0 atom stereocenters. The minimum Gasteiger partial charge on any atom is -0.321 e. The molecule has 0 aliphatic carbocycles. The molecular weight excluding hydrogens is 280 g/mol. The van der Waals surface area contributed by atoms with Gasteiger partial charge in [0, 0.05) is 24.2 Å². The molecule has 1 aromatic heterocycles. The van der Waals surface area contributed by atoms with Crippen molar-refractivity contribution in [1.29, 1.82) is 0 Å². The van der Waals surface area contributed by atoms with Gasteiger partial charge in [-0.3, -0.25) is 4.79 Å². The van der Waals surface area contributed by atoms with E-state index in [1.54, 1.807) is 6.92 Å². The molecule has 0 aliphatic rings. The summed E-state index contributed by atoms with van der Waals surface area (Å²) < 4.78 is 2.05. The van der Waals surface area contributed by atoms with Crippen molar-refractivity contribution in [3.63, 3.8) is 0 Å². The SMILES string of the molecule is CCn1c(C)c(C(C)=O)sc1=Nc1ccc(Cl)cc1. The third-order valence-corrected chi connectivity index (χ3v) is 4.38. The first-order chi connectivity index (χ1) is 9.02. The molecule has 1 aromatic carbocycles. The second-order valence-electron chi connectivity index (χ2n) is 4.19. The fraction of sp³-hybridized carbons (Fsp3) is 0.286. The molecule has 0 radical (unpaired) electrons. The van der Waals surface area contributed by atoms with Crippen LogP contribution in [0.3, 0.4) is 0 Å². The Balaban J connectivity index is 2.58. The van der Waals surface area contributed by atoms with Gasteiger partial charge in [-0.05, 0) is 38.1 Å². The largest absolute Gasteiger partial charge is 0.321 e. The summed E-state index contributed by atoms with van der Waals surface area (Å²) in [5.41, 5.74) is 1.82. The number of carbonyl (C=O) groups excluding carboxylic acids is 1. The average molecular weight is 295 g/mol. The van der Waals surface area contributed by atoms with Gasteiger partial charge in [0.2, 0.25) is 0 Å². The zero-order valence-corrected chi connectivity index (χ0v) is 12.7. The highest BCUT2D eigenvalue weighted by atomic mass is 35.5. The number of carbonyl (C=O) groups is 1. The number of benzene rings is 1. The van der Waals surface area contributed by atoms with Gasteiger partial charge in [0.25, 0.3) is 0 Å². The van der Waals surface area contributed by atoms with Crippen LogP contribution < -0.4 is 4.80 Å². The van der Waals surface area contributed by atoms with E-state index in [9.17, 15) is 4.79 Å². The minimum atomic E-state index is 0.0854. The lowest BCUT2D eigenvalue weighted by Gasteiger charge is -2.01. The summed E-state index contributed by atoms with van der Waals surface area (Å²) in [6.07, 6.45) is 0. The Morgan fingerprint density at radius 2 is 2.00 bits per heavy atom. The molecular formula is C14H15ClN2OS. The molecule has 0 saturated heterocycles. The highest BCUT2D eigenvalue weighted by Crippen LogP contribution is 2.17. The standard InChI is InChI=1S/C14H15ClN2OS/c1-4-17-9(2)13(10(3)18)19-14(17)16-12-7-5-11(15)6-8-12/h5-8H,4H2,1-3H3. The van der Waals surface area contributed by atoms with E-state index < -0.39 is 0 Å². The van der Waals surface area contributed by atoms with Crippen molar-refractivity contribution in [3.05, 3.63) is 44.7 Å². The zero-order chi connectivity index (χ0) is 14.0.